The second-order valence-electron chi connectivity index (χ2n) is 4.81. The van der Waals surface area contributed by atoms with E-state index >= 15 is 0 Å². The Morgan fingerprint density at radius 3 is 2.48 bits per heavy atom. The van der Waals surface area contributed by atoms with Gasteiger partial charge in [-0.25, -0.2) is 0 Å². The quantitative estimate of drug-likeness (QED) is 0.877. The van der Waals surface area contributed by atoms with Gasteiger partial charge in [-0.3, -0.25) is 9.59 Å². The van der Waals surface area contributed by atoms with E-state index in [-0.39, 0.29) is 17.7 Å². The smallest absolute Gasteiger partial charge is 0.265 e. The maximum absolute atomic E-state index is 12.0. The zero-order valence-electron chi connectivity index (χ0n) is 12.1. The Morgan fingerprint density at radius 2 is 1.86 bits per heavy atom. The van der Waals surface area contributed by atoms with Crippen molar-refractivity contribution in [3.05, 3.63) is 46.7 Å². The lowest BCUT2D eigenvalue weighted by atomic mass is 10.1. The summed E-state index contributed by atoms with van der Waals surface area (Å²) in [5.41, 5.74) is 1.35. The number of carbonyl (C=O) groups excluding carboxylic acids is 2. The van der Waals surface area contributed by atoms with Crippen molar-refractivity contribution in [3.63, 3.8) is 0 Å². The molecule has 21 heavy (non-hydrogen) atoms. The zero-order chi connectivity index (χ0) is 15.2. The molecule has 0 unspecified atom stereocenters. The Labute approximate surface area is 128 Å². The van der Waals surface area contributed by atoms with Gasteiger partial charge in [-0.15, -0.1) is 11.3 Å². The van der Waals surface area contributed by atoms with E-state index in [4.69, 9.17) is 0 Å². The fourth-order valence-corrected chi connectivity index (χ4v) is 2.34. The summed E-state index contributed by atoms with van der Waals surface area (Å²) in [4.78, 5) is 24.5. The average molecular weight is 302 g/mol. The number of hydrogen-bond acceptors (Lipinski definition) is 3. The molecule has 0 saturated carbocycles. The Bertz CT molecular complexity index is 623. The topological polar surface area (TPSA) is 58.2 Å². The first-order valence-electron chi connectivity index (χ1n) is 6.86. The first-order valence-corrected chi connectivity index (χ1v) is 7.74. The number of thiophene rings is 1. The van der Waals surface area contributed by atoms with Crippen molar-refractivity contribution in [2.75, 3.05) is 10.6 Å². The molecular weight excluding hydrogens is 284 g/mol. The molecule has 0 aliphatic carbocycles. The van der Waals surface area contributed by atoms with Crippen LogP contribution in [-0.2, 0) is 4.79 Å². The number of hydrogen-bond donors (Lipinski definition) is 2. The van der Waals surface area contributed by atoms with Crippen LogP contribution in [0.4, 0.5) is 11.4 Å². The van der Waals surface area contributed by atoms with E-state index in [9.17, 15) is 9.59 Å². The van der Waals surface area contributed by atoms with E-state index in [1.54, 1.807) is 30.3 Å². The predicted molar refractivity (Wildman–Crippen MR) is 86.8 cm³/mol. The molecule has 1 heterocycles. The van der Waals surface area contributed by atoms with Gasteiger partial charge in [-0.1, -0.05) is 26.0 Å². The predicted octanol–water partition coefficient (Wildman–Crippen LogP) is 3.99. The minimum absolute atomic E-state index is 0.0146. The average Bonchev–Trinajstić information content (AvgIpc) is 3.01. The van der Waals surface area contributed by atoms with Crippen molar-refractivity contribution in [1.82, 2.24) is 0 Å². The fourth-order valence-electron chi connectivity index (χ4n) is 1.73. The highest BCUT2D eigenvalue weighted by Crippen LogP contribution is 2.18. The van der Waals surface area contributed by atoms with Crippen LogP contribution in [0.5, 0.6) is 0 Å². The largest absolute Gasteiger partial charge is 0.326 e. The van der Waals surface area contributed by atoms with Gasteiger partial charge in [0.05, 0.1) is 4.88 Å². The first kappa shape index (κ1) is 15.3. The third-order valence-electron chi connectivity index (χ3n) is 3.19. The van der Waals surface area contributed by atoms with Crippen LogP contribution in [0.3, 0.4) is 0 Å². The van der Waals surface area contributed by atoms with Crippen molar-refractivity contribution >= 4 is 34.5 Å². The lowest BCUT2D eigenvalue weighted by Crippen LogP contribution is -2.19. The zero-order valence-corrected chi connectivity index (χ0v) is 12.9. The summed E-state index contributed by atoms with van der Waals surface area (Å²) in [6.07, 6.45) is 0.792. The molecule has 0 aliphatic rings. The molecule has 2 N–H and O–H groups in total. The molecule has 2 amide bonds. The van der Waals surface area contributed by atoms with E-state index in [0.29, 0.717) is 16.3 Å². The van der Waals surface area contributed by atoms with Gasteiger partial charge in [0.2, 0.25) is 5.91 Å². The molecule has 0 fully saturated rings. The second-order valence-corrected chi connectivity index (χ2v) is 5.76. The van der Waals surface area contributed by atoms with Gasteiger partial charge in [-0.05, 0) is 36.1 Å². The van der Waals surface area contributed by atoms with Gasteiger partial charge in [0.15, 0.2) is 0 Å². The molecule has 2 aromatic rings. The highest BCUT2D eigenvalue weighted by Gasteiger charge is 2.11. The van der Waals surface area contributed by atoms with Crippen LogP contribution in [-0.4, -0.2) is 11.8 Å². The van der Waals surface area contributed by atoms with Gasteiger partial charge in [0.1, 0.15) is 0 Å². The lowest BCUT2D eigenvalue weighted by Gasteiger charge is -2.11. The van der Waals surface area contributed by atoms with Crippen LogP contribution >= 0.6 is 11.3 Å². The van der Waals surface area contributed by atoms with Crippen molar-refractivity contribution < 1.29 is 9.59 Å². The summed E-state index contributed by atoms with van der Waals surface area (Å²) in [5.74, 6) is -0.191. The molecule has 5 heteroatoms. The fraction of sp³-hybridized carbons (Fsp3) is 0.250. The molecule has 4 nitrogen and oxygen atoms in total. The Kier molecular flexibility index (Phi) is 5.11. The van der Waals surface area contributed by atoms with E-state index in [0.717, 1.165) is 6.42 Å². The first-order chi connectivity index (χ1) is 10.1. The van der Waals surface area contributed by atoms with Gasteiger partial charge >= 0.3 is 0 Å². The van der Waals surface area contributed by atoms with E-state index < -0.39 is 0 Å². The molecule has 2 rings (SSSR count). The second kappa shape index (κ2) is 7.04. The molecule has 0 spiro atoms. The van der Waals surface area contributed by atoms with Gasteiger partial charge in [-0.2, -0.15) is 0 Å². The molecule has 0 radical (unpaired) electrons. The maximum Gasteiger partial charge on any atom is 0.265 e. The number of amides is 2. The van der Waals surface area contributed by atoms with Crippen LogP contribution in [0.15, 0.2) is 41.8 Å². The van der Waals surface area contributed by atoms with E-state index in [2.05, 4.69) is 10.6 Å². The van der Waals surface area contributed by atoms with Crippen LogP contribution in [0.1, 0.15) is 29.9 Å². The van der Waals surface area contributed by atoms with Gasteiger partial charge in [0.25, 0.3) is 5.91 Å². The van der Waals surface area contributed by atoms with Gasteiger partial charge < -0.3 is 10.6 Å². The number of carbonyl (C=O) groups is 2. The molecule has 110 valence electrons. The number of rotatable bonds is 5. The summed E-state index contributed by atoms with van der Waals surface area (Å²) in [5, 5.41) is 7.53. The maximum atomic E-state index is 12.0. The Morgan fingerprint density at radius 1 is 1.14 bits per heavy atom. The standard InChI is InChI=1S/C16H18N2O2S/c1-3-11(2)15(19)17-12-6-4-7-13(10-12)18-16(20)14-8-5-9-21-14/h4-11H,3H2,1-2H3,(H,17,19)(H,18,20)/t11-/m0/s1. The summed E-state index contributed by atoms with van der Waals surface area (Å²) < 4.78 is 0. The molecule has 1 atom stereocenters. The molecule has 1 aromatic heterocycles. The molecule has 0 saturated heterocycles. The van der Waals surface area contributed by atoms with Crippen LogP contribution in [0, 0.1) is 5.92 Å². The normalized spacial score (nSPS) is 11.7. The number of anilines is 2. The van der Waals surface area contributed by atoms with Crippen molar-refractivity contribution in [1.29, 1.82) is 0 Å². The summed E-state index contributed by atoms with van der Waals surface area (Å²) in [7, 11) is 0. The van der Waals surface area contributed by atoms with Crippen molar-refractivity contribution in [3.8, 4) is 0 Å². The minimum atomic E-state index is -0.143. The highest BCUT2D eigenvalue weighted by atomic mass is 32.1. The number of benzene rings is 1. The monoisotopic (exact) mass is 302 g/mol. The van der Waals surface area contributed by atoms with Crippen molar-refractivity contribution in [2.45, 2.75) is 20.3 Å². The summed E-state index contributed by atoms with van der Waals surface area (Å²) in [6, 6.07) is 10.8. The molecule has 1 aromatic carbocycles. The van der Waals surface area contributed by atoms with Gasteiger partial charge in [0, 0.05) is 17.3 Å². The van der Waals surface area contributed by atoms with Crippen molar-refractivity contribution in [2.24, 2.45) is 5.92 Å². The van der Waals surface area contributed by atoms with Crippen LogP contribution < -0.4 is 10.6 Å². The number of nitrogens with one attached hydrogen (secondary N) is 2. The Hall–Kier alpha value is -2.14. The SMILES string of the molecule is CC[C@H](C)C(=O)Nc1cccc(NC(=O)c2cccs2)c1. The van der Waals surface area contributed by atoms with E-state index in [1.165, 1.54) is 11.3 Å². The third kappa shape index (κ3) is 4.16. The molecule has 0 bridgehead atoms. The van der Waals surface area contributed by atoms with Crippen LogP contribution in [0.2, 0.25) is 0 Å². The minimum Gasteiger partial charge on any atom is -0.326 e. The third-order valence-corrected chi connectivity index (χ3v) is 4.06. The lowest BCUT2D eigenvalue weighted by molar-refractivity contribution is -0.119. The Balaban J connectivity index is 2.04. The van der Waals surface area contributed by atoms with E-state index in [1.807, 2.05) is 25.3 Å². The molecule has 0 aliphatic heterocycles. The summed E-state index contributed by atoms with van der Waals surface area (Å²) >= 11 is 1.39. The highest BCUT2D eigenvalue weighted by molar-refractivity contribution is 7.12. The summed E-state index contributed by atoms with van der Waals surface area (Å²) in [6.45, 7) is 3.86. The van der Waals surface area contributed by atoms with Crippen LogP contribution in [0.25, 0.3) is 0 Å². The molecular formula is C16H18N2O2S.